The highest BCUT2D eigenvalue weighted by Gasteiger charge is 2.52. The highest BCUT2D eigenvalue weighted by Crippen LogP contribution is 2.40. The zero-order valence-electron chi connectivity index (χ0n) is 19.1. The van der Waals surface area contributed by atoms with Crippen LogP contribution in [0.3, 0.4) is 0 Å². The van der Waals surface area contributed by atoms with E-state index < -0.39 is 24.4 Å². The summed E-state index contributed by atoms with van der Waals surface area (Å²) in [4.78, 5) is 12.4. The lowest BCUT2D eigenvalue weighted by Crippen LogP contribution is -2.41. The summed E-state index contributed by atoms with van der Waals surface area (Å²) in [5, 5.41) is 3.27. The fourth-order valence-corrected chi connectivity index (χ4v) is 3.60. The highest BCUT2D eigenvalue weighted by molar-refractivity contribution is 6.56. The van der Waals surface area contributed by atoms with Crippen LogP contribution in [0.5, 0.6) is 11.5 Å². The van der Waals surface area contributed by atoms with Gasteiger partial charge in [-0.05, 0) is 50.4 Å². The molecule has 2 aromatic carbocycles. The maximum atomic E-state index is 12.4. The molecule has 2 aromatic rings. The van der Waals surface area contributed by atoms with E-state index in [0.717, 1.165) is 5.56 Å². The van der Waals surface area contributed by atoms with Crippen molar-refractivity contribution in [2.45, 2.75) is 45.5 Å². The summed E-state index contributed by atoms with van der Waals surface area (Å²) in [6.07, 6.45) is 1.29. The Balaban J connectivity index is 1.52. The Morgan fingerprint density at radius 1 is 1.09 bits per heavy atom. The van der Waals surface area contributed by atoms with Crippen molar-refractivity contribution in [3.63, 3.8) is 0 Å². The van der Waals surface area contributed by atoms with E-state index in [1.807, 2.05) is 64.1 Å². The van der Waals surface area contributed by atoms with Crippen molar-refractivity contribution in [1.29, 1.82) is 0 Å². The molecule has 4 rings (SSSR count). The minimum Gasteiger partial charge on any atom is -0.454 e. The molecule has 1 amide bonds. The zero-order chi connectivity index (χ0) is 23.6. The highest BCUT2D eigenvalue weighted by atomic mass is 35.5. The Morgan fingerprint density at radius 2 is 1.73 bits per heavy atom. The van der Waals surface area contributed by atoms with Gasteiger partial charge in [0.1, 0.15) is 6.61 Å². The standard InChI is InChI=1S/C24H27BClNO6/c1-23(2)24(3,4)33-25(32-23)18(10-17-11-20-21(12-19(17)26)31-15-30-20)13-27-22(28)29-14-16-8-6-5-7-9-16/h5-12H,13-15H2,1-4H3,(H,27,28). The maximum absolute atomic E-state index is 12.4. The van der Waals surface area contributed by atoms with Crippen molar-refractivity contribution in [2.24, 2.45) is 0 Å². The molecule has 0 aliphatic carbocycles. The van der Waals surface area contributed by atoms with Gasteiger partial charge in [-0.1, -0.05) is 48.0 Å². The first kappa shape index (κ1) is 23.5. The van der Waals surface area contributed by atoms with Gasteiger partial charge in [-0.25, -0.2) is 4.79 Å². The zero-order valence-corrected chi connectivity index (χ0v) is 19.9. The molecular weight excluding hydrogens is 445 g/mol. The molecule has 0 spiro atoms. The maximum Gasteiger partial charge on any atom is 0.492 e. The Morgan fingerprint density at radius 3 is 2.39 bits per heavy atom. The van der Waals surface area contributed by atoms with Gasteiger partial charge in [0.2, 0.25) is 6.79 Å². The van der Waals surface area contributed by atoms with Gasteiger partial charge in [-0.15, -0.1) is 0 Å². The molecule has 0 atom stereocenters. The molecule has 2 aliphatic heterocycles. The molecule has 0 aromatic heterocycles. The minimum absolute atomic E-state index is 0.148. The molecule has 0 bridgehead atoms. The van der Waals surface area contributed by atoms with Crippen LogP contribution in [0.1, 0.15) is 38.8 Å². The number of carbonyl (C=O) groups is 1. The van der Waals surface area contributed by atoms with Gasteiger partial charge in [0.25, 0.3) is 0 Å². The second-order valence-corrected chi connectivity index (χ2v) is 9.36. The Bertz CT molecular complexity index is 1040. The topological polar surface area (TPSA) is 75.2 Å². The second-order valence-electron chi connectivity index (χ2n) is 8.95. The van der Waals surface area contributed by atoms with Crippen LogP contribution < -0.4 is 14.8 Å². The average Bonchev–Trinajstić information content (AvgIpc) is 3.30. The van der Waals surface area contributed by atoms with E-state index in [-0.39, 0.29) is 19.9 Å². The van der Waals surface area contributed by atoms with Gasteiger partial charge in [0, 0.05) is 12.6 Å². The summed E-state index contributed by atoms with van der Waals surface area (Å²) >= 11 is 6.48. The van der Waals surface area contributed by atoms with Crippen LogP contribution in [-0.2, 0) is 20.7 Å². The molecule has 1 fully saturated rings. The average molecular weight is 472 g/mol. The van der Waals surface area contributed by atoms with E-state index in [0.29, 0.717) is 27.6 Å². The van der Waals surface area contributed by atoms with Gasteiger partial charge in [-0.2, -0.15) is 0 Å². The number of carbonyl (C=O) groups excluding carboxylic acids is 1. The predicted octanol–water partition coefficient (Wildman–Crippen LogP) is 5.01. The van der Waals surface area contributed by atoms with E-state index >= 15 is 0 Å². The number of halogens is 1. The molecule has 7 nitrogen and oxygen atoms in total. The van der Waals surface area contributed by atoms with E-state index in [1.165, 1.54) is 0 Å². The van der Waals surface area contributed by atoms with Gasteiger partial charge in [0.15, 0.2) is 11.5 Å². The first-order valence-electron chi connectivity index (χ1n) is 10.7. The molecular formula is C24H27BClNO6. The van der Waals surface area contributed by atoms with Crippen molar-refractivity contribution in [1.82, 2.24) is 5.32 Å². The van der Waals surface area contributed by atoms with Crippen molar-refractivity contribution in [3.8, 4) is 11.5 Å². The van der Waals surface area contributed by atoms with Gasteiger partial charge in [0.05, 0.1) is 16.2 Å². The number of ether oxygens (including phenoxy) is 3. The minimum atomic E-state index is -0.675. The normalized spacial score (nSPS) is 18.3. The lowest BCUT2D eigenvalue weighted by atomic mass is 9.77. The molecule has 2 heterocycles. The van der Waals surface area contributed by atoms with Crippen molar-refractivity contribution in [2.75, 3.05) is 13.3 Å². The van der Waals surface area contributed by atoms with Crippen LogP contribution in [0.4, 0.5) is 4.79 Å². The van der Waals surface area contributed by atoms with Crippen LogP contribution in [0.15, 0.2) is 47.9 Å². The molecule has 2 aliphatic rings. The lowest BCUT2D eigenvalue weighted by Gasteiger charge is -2.32. The number of alkyl carbamates (subject to hydrolysis) is 1. The van der Waals surface area contributed by atoms with Crippen LogP contribution in [0, 0.1) is 0 Å². The number of nitrogens with one attached hydrogen (secondary N) is 1. The van der Waals surface area contributed by atoms with Gasteiger partial charge >= 0.3 is 13.2 Å². The van der Waals surface area contributed by atoms with Crippen LogP contribution in [0.2, 0.25) is 5.02 Å². The third-order valence-electron chi connectivity index (χ3n) is 6.04. The third kappa shape index (κ3) is 5.29. The molecule has 1 saturated heterocycles. The smallest absolute Gasteiger partial charge is 0.454 e. The van der Waals surface area contributed by atoms with E-state index in [9.17, 15) is 4.79 Å². The van der Waals surface area contributed by atoms with E-state index in [4.69, 9.17) is 35.1 Å². The number of rotatable bonds is 6. The summed E-state index contributed by atoms with van der Waals surface area (Å²) in [5.74, 6) is 1.20. The van der Waals surface area contributed by atoms with Gasteiger partial charge in [-0.3, -0.25) is 0 Å². The fraction of sp³-hybridized carbons (Fsp3) is 0.375. The summed E-state index contributed by atoms with van der Waals surface area (Å²) in [7, 11) is -0.675. The number of fused-ring (bicyclic) bond motifs is 1. The monoisotopic (exact) mass is 471 g/mol. The number of hydrogen-bond donors (Lipinski definition) is 1. The Kier molecular flexibility index (Phi) is 6.61. The largest absolute Gasteiger partial charge is 0.492 e. The Hall–Kier alpha value is -2.68. The van der Waals surface area contributed by atoms with E-state index in [2.05, 4.69) is 5.32 Å². The molecule has 33 heavy (non-hydrogen) atoms. The van der Waals surface area contributed by atoms with E-state index in [1.54, 1.807) is 12.1 Å². The number of amides is 1. The molecule has 0 radical (unpaired) electrons. The molecule has 9 heteroatoms. The lowest BCUT2D eigenvalue weighted by molar-refractivity contribution is 0.00578. The quantitative estimate of drug-likeness (QED) is 0.597. The van der Waals surface area contributed by atoms with Crippen molar-refractivity contribution < 1.29 is 28.3 Å². The van der Waals surface area contributed by atoms with Gasteiger partial charge < -0.3 is 28.8 Å². The molecule has 0 unspecified atom stereocenters. The SMILES string of the molecule is CC1(C)OB(C(=Cc2cc3c(cc2Cl)OCO3)CNC(=O)OCc2ccccc2)OC1(C)C. The Labute approximate surface area is 199 Å². The summed E-state index contributed by atoms with van der Waals surface area (Å²) in [5.41, 5.74) is 1.21. The van der Waals surface area contributed by atoms with Crippen molar-refractivity contribution >= 4 is 30.9 Å². The number of benzene rings is 2. The molecule has 1 N–H and O–H groups in total. The summed E-state index contributed by atoms with van der Waals surface area (Å²) < 4.78 is 28.6. The summed E-state index contributed by atoms with van der Waals surface area (Å²) in [6, 6.07) is 13.0. The number of hydrogen-bond acceptors (Lipinski definition) is 6. The van der Waals surface area contributed by atoms with Crippen LogP contribution in [0.25, 0.3) is 6.08 Å². The van der Waals surface area contributed by atoms with Crippen LogP contribution in [-0.4, -0.2) is 37.8 Å². The van der Waals surface area contributed by atoms with Crippen LogP contribution >= 0.6 is 11.6 Å². The first-order valence-corrected chi connectivity index (χ1v) is 11.1. The predicted molar refractivity (Wildman–Crippen MR) is 126 cm³/mol. The third-order valence-corrected chi connectivity index (χ3v) is 6.37. The molecule has 174 valence electrons. The fourth-order valence-electron chi connectivity index (χ4n) is 3.39. The molecule has 0 saturated carbocycles. The first-order chi connectivity index (χ1) is 15.6. The summed E-state index contributed by atoms with van der Waals surface area (Å²) in [6.45, 7) is 8.36. The van der Waals surface area contributed by atoms with Crippen molar-refractivity contribution in [3.05, 3.63) is 64.1 Å². The second kappa shape index (κ2) is 9.29.